The molecule has 0 fully saturated rings. The summed E-state index contributed by atoms with van der Waals surface area (Å²) in [7, 11) is -3.68. The number of sulfonamides is 1. The molecule has 18 heavy (non-hydrogen) atoms. The number of imidazole rings is 1. The average Bonchev–Trinajstić information content (AvgIpc) is 2.78. The van der Waals surface area contributed by atoms with Crippen LogP contribution in [-0.4, -0.2) is 47.7 Å². The lowest BCUT2D eigenvalue weighted by molar-refractivity contribution is -0.121. The first kappa shape index (κ1) is 14.7. The van der Waals surface area contributed by atoms with Gasteiger partial charge < -0.3 is 10.3 Å². The fourth-order valence-electron chi connectivity index (χ4n) is 1.42. The molecule has 1 aromatic rings. The number of rotatable bonds is 6. The Morgan fingerprint density at radius 2 is 2.22 bits per heavy atom. The molecule has 102 valence electrons. The van der Waals surface area contributed by atoms with Gasteiger partial charge in [-0.1, -0.05) is 6.92 Å². The fraction of sp³-hybridized carbons (Fsp3) is 0.600. The van der Waals surface area contributed by atoms with Crippen LogP contribution in [0.1, 0.15) is 20.8 Å². The molecule has 0 saturated carbocycles. The fourth-order valence-corrected chi connectivity index (χ4v) is 2.72. The molecule has 0 saturated heterocycles. The first-order chi connectivity index (χ1) is 8.37. The third kappa shape index (κ3) is 3.54. The Morgan fingerprint density at radius 1 is 1.56 bits per heavy atom. The lowest BCUT2D eigenvalue weighted by Gasteiger charge is -2.19. The van der Waals surface area contributed by atoms with Crippen LogP contribution in [0.2, 0.25) is 0 Å². The van der Waals surface area contributed by atoms with Crippen molar-refractivity contribution in [3.05, 3.63) is 12.5 Å². The Morgan fingerprint density at radius 3 is 2.67 bits per heavy atom. The summed E-state index contributed by atoms with van der Waals surface area (Å²) in [5.41, 5.74) is 0. The van der Waals surface area contributed by atoms with Crippen molar-refractivity contribution in [2.75, 3.05) is 13.1 Å². The van der Waals surface area contributed by atoms with E-state index in [2.05, 4.69) is 15.3 Å². The number of likely N-dealkylation sites (N-methyl/N-ethyl adjacent to an activating group) is 1. The molecule has 0 spiro atoms. The van der Waals surface area contributed by atoms with Gasteiger partial charge in [0.25, 0.3) is 10.0 Å². The smallest absolute Gasteiger partial charge is 0.260 e. The molecular formula is C10H18N4O3S. The number of aromatic nitrogens is 2. The van der Waals surface area contributed by atoms with Crippen molar-refractivity contribution in [1.29, 1.82) is 0 Å². The van der Waals surface area contributed by atoms with E-state index in [0.717, 1.165) is 4.31 Å². The third-order valence-electron chi connectivity index (χ3n) is 2.21. The summed E-state index contributed by atoms with van der Waals surface area (Å²) in [6, 6.07) is -0.0222. The quantitative estimate of drug-likeness (QED) is 0.760. The van der Waals surface area contributed by atoms with Gasteiger partial charge in [-0.3, -0.25) is 4.79 Å². The Kier molecular flexibility index (Phi) is 4.85. The zero-order valence-electron chi connectivity index (χ0n) is 10.7. The van der Waals surface area contributed by atoms with E-state index in [1.54, 1.807) is 6.92 Å². The van der Waals surface area contributed by atoms with E-state index in [1.165, 1.54) is 12.5 Å². The number of hydrogen-bond donors (Lipinski definition) is 2. The molecule has 0 aliphatic rings. The van der Waals surface area contributed by atoms with Crippen LogP contribution in [0.5, 0.6) is 0 Å². The van der Waals surface area contributed by atoms with Gasteiger partial charge in [-0.15, -0.1) is 0 Å². The Balaban J connectivity index is 2.81. The van der Waals surface area contributed by atoms with Crippen molar-refractivity contribution >= 4 is 15.9 Å². The Hall–Kier alpha value is -1.41. The second-order valence-electron chi connectivity index (χ2n) is 4.07. The monoisotopic (exact) mass is 274 g/mol. The van der Waals surface area contributed by atoms with E-state index in [4.69, 9.17) is 0 Å². The summed E-state index contributed by atoms with van der Waals surface area (Å²) in [6.45, 7) is 5.33. The first-order valence-electron chi connectivity index (χ1n) is 5.65. The molecule has 1 rings (SSSR count). The molecule has 2 N–H and O–H groups in total. The number of hydrogen-bond acceptors (Lipinski definition) is 4. The van der Waals surface area contributed by atoms with Crippen LogP contribution in [0, 0.1) is 0 Å². The van der Waals surface area contributed by atoms with Crippen LogP contribution in [0.4, 0.5) is 0 Å². The van der Waals surface area contributed by atoms with Crippen molar-refractivity contribution in [3.63, 3.8) is 0 Å². The molecule has 0 bridgehead atoms. The molecular weight excluding hydrogens is 256 g/mol. The lowest BCUT2D eigenvalue weighted by Crippen LogP contribution is -2.42. The topological polar surface area (TPSA) is 95.2 Å². The molecule has 0 radical (unpaired) electrons. The first-order valence-corrected chi connectivity index (χ1v) is 7.09. The maximum absolute atomic E-state index is 12.1. The maximum Gasteiger partial charge on any atom is 0.260 e. The molecule has 0 aromatic carbocycles. The predicted octanol–water partition coefficient (Wildman–Crippen LogP) is -0.0551. The van der Waals surface area contributed by atoms with E-state index < -0.39 is 10.0 Å². The molecule has 1 amide bonds. The van der Waals surface area contributed by atoms with Gasteiger partial charge in [-0.2, -0.15) is 4.31 Å². The normalized spacial score (nSPS) is 12.1. The summed E-state index contributed by atoms with van der Waals surface area (Å²) in [6.07, 6.45) is 2.51. The van der Waals surface area contributed by atoms with Gasteiger partial charge in [0.2, 0.25) is 5.91 Å². The molecule has 0 atom stereocenters. The number of nitrogens with one attached hydrogen (secondary N) is 2. The summed E-state index contributed by atoms with van der Waals surface area (Å²) >= 11 is 0. The predicted molar refractivity (Wildman–Crippen MR) is 66.3 cm³/mol. The van der Waals surface area contributed by atoms with Crippen molar-refractivity contribution in [2.24, 2.45) is 0 Å². The highest BCUT2D eigenvalue weighted by molar-refractivity contribution is 7.89. The Labute approximate surface area is 107 Å². The number of aromatic amines is 1. The van der Waals surface area contributed by atoms with Crippen LogP contribution in [0.15, 0.2) is 17.6 Å². The van der Waals surface area contributed by atoms with E-state index in [-0.39, 0.29) is 30.1 Å². The minimum absolute atomic E-state index is 0.0123. The number of carbonyl (C=O) groups is 1. The minimum atomic E-state index is -3.68. The molecule has 0 aliphatic heterocycles. The molecule has 0 unspecified atom stereocenters. The van der Waals surface area contributed by atoms with Crippen molar-refractivity contribution in [3.8, 4) is 0 Å². The SMILES string of the molecule is CCN(CC(=O)NC(C)C)S(=O)(=O)c1cnc[nH]1. The highest BCUT2D eigenvalue weighted by atomic mass is 32.2. The van der Waals surface area contributed by atoms with Crippen molar-refractivity contribution in [1.82, 2.24) is 19.6 Å². The van der Waals surface area contributed by atoms with E-state index in [0.29, 0.717) is 0 Å². The van der Waals surface area contributed by atoms with Crippen molar-refractivity contribution in [2.45, 2.75) is 31.8 Å². The molecule has 1 aromatic heterocycles. The van der Waals surface area contributed by atoms with Crippen LogP contribution in [-0.2, 0) is 14.8 Å². The van der Waals surface area contributed by atoms with Crippen molar-refractivity contribution < 1.29 is 13.2 Å². The van der Waals surface area contributed by atoms with E-state index in [1.807, 2.05) is 13.8 Å². The van der Waals surface area contributed by atoms with Gasteiger partial charge in [0, 0.05) is 12.6 Å². The van der Waals surface area contributed by atoms with Crippen LogP contribution < -0.4 is 5.32 Å². The van der Waals surface area contributed by atoms with E-state index in [9.17, 15) is 13.2 Å². The van der Waals surface area contributed by atoms with Gasteiger partial charge >= 0.3 is 0 Å². The Bertz CT molecular complexity index is 481. The highest BCUT2D eigenvalue weighted by Crippen LogP contribution is 2.11. The second-order valence-corrected chi connectivity index (χ2v) is 5.98. The molecule has 8 heteroatoms. The molecule has 0 aliphatic carbocycles. The highest BCUT2D eigenvalue weighted by Gasteiger charge is 2.26. The van der Waals surface area contributed by atoms with Crippen LogP contribution in [0.3, 0.4) is 0 Å². The average molecular weight is 274 g/mol. The number of amides is 1. The minimum Gasteiger partial charge on any atom is -0.353 e. The number of nitrogens with zero attached hydrogens (tertiary/aromatic N) is 2. The van der Waals surface area contributed by atoms with Gasteiger partial charge in [0.05, 0.1) is 19.1 Å². The van der Waals surface area contributed by atoms with Crippen LogP contribution >= 0.6 is 0 Å². The zero-order valence-corrected chi connectivity index (χ0v) is 11.5. The summed E-state index contributed by atoms with van der Waals surface area (Å²) in [4.78, 5) is 17.8. The lowest BCUT2D eigenvalue weighted by atomic mass is 10.4. The molecule has 7 nitrogen and oxygen atoms in total. The second kappa shape index (κ2) is 5.96. The van der Waals surface area contributed by atoms with Gasteiger partial charge in [0.1, 0.15) is 0 Å². The number of carbonyl (C=O) groups excluding carboxylic acids is 1. The number of H-pyrrole nitrogens is 1. The van der Waals surface area contributed by atoms with Gasteiger partial charge in [0.15, 0.2) is 5.03 Å². The summed E-state index contributed by atoms with van der Waals surface area (Å²) < 4.78 is 25.3. The summed E-state index contributed by atoms with van der Waals surface area (Å²) in [5.74, 6) is -0.324. The largest absolute Gasteiger partial charge is 0.353 e. The van der Waals surface area contributed by atoms with E-state index >= 15 is 0 Å². The standard InChI is InChI=1S/C10H18N4O3S/c1-4-14(6-9(15)13-8(2)3)18(16,17)10-5-11-7-12-10/h5,7-8H,4,6H2,1-3H3,(H,11,12)(H,13,15). The summed E-state index contributed by atoms with van der Waals surface area (Å²) in [5, 5.41) is 2.64. The van der Waals surface area contributed by atoms with Crippen LogP contribution in [0.25, 0.3) is 0 Å². The third-order valence-corrected chi connectivity index (χ3v) is 4.06. The van der Waals surface area contributed by atoms with Gasteiger partial charge in [-0.05, 0) is 13.8 Å². The zero-order chi connectivity index (χ0) is 13.8. The molecule has 1 heterocycles. The maximum atomic E-state index is 12.1. The van der Waals surface area contributed by atoms with Gasteiger partial charge in [-0.25, -0.2) is 13.4 Å².